The Bertz CT molecular complexity index is 1010. The van der Waals surface area contributed by atoms with E-state index in [4.69, 9.17) is 5.73 Å². The third kappa shape index (κ3) is 2.56. The molecule has 6 nitrogen and oxygen atoms in total. The Hall–Kier alpha value is -2.41. The molecule has 3 fully saturated rings. The molecule has 142 valence electrons. The zero-order valence-electron chi connectivity index (χ0n) is 14.9. The third-order valence-electron chi connectivity index (χ3n) is 6.54. The van der Waals surface area contributed by atoms with Crippen molar-refractivity contribution in [3.8, 4) is 0 Å². The maximum absolute atomic E-state index is 14.9. The van der Waals surface area contributed by atoms with Gasteiger partial charge in [-0.2, -0.15) is 0 Å². The van der Waals surface area contributed by atoms with Gasteiger partial charge in [0.1, 0.15) is 11.4 Å². The summed E-state index contributed by atoms with van der Waals surface area (Å²) in [7, 11) is 0. The number of hydrogen-bond acceptors (Lipinski definition) is 4. The number of halogens is 1. The van der Waals surface area contributed by atoms with Gasteiger partial charge in [-0.15, -0.1) is 0 Å². The summed E-state index contributed by atoms with van der Waals surface area (Å²) < 4.78 is 16.8. The molecule has 2 aromatic rings. The van der Waals surface area contributed by atoms with Crippen LogP contribution < -0.4 is 16.1 Å². The van der Waals surface area contributed by atoms with E-state index >= 15 is 0 Å². The summed E-state index contributed by atoms with van der Waals surface area (Å²) in [4.78, 5) is 26.0. The van der Waals surface area contributed by atoms with E-state index < -0.39 is 17.2 Å². The number of pyridine rings is 1. The molecule has 27 heavy (non-hydrogen) atoms. The van der Waals surface area contributed by atoms with E-state index in [-0.39, 0.29) is 23.0 Å². The normalized spacial score (nSPS) is 27.3. The summed E-state index contributed by atoms with van der Waals surface area (Å²) >= 11 is 0. The highest BCUT2D eigenvalue weighted by Crippen LogP contribution is 2.42. The van der Waals surface area contributed by atoms with Crippen LogP contribution in [0.2, 0.25) is 0 Å². The van der Waals surface area contributed by atoms with Crippen LogP contribution in [0.4, 0.5) is 10.1 Å². The Morgan fingerprint density at radius 3 is 2.70 bits per heavy atom. The molecule has 1 aliphatic heterocycles. The lowest BCUT2D eigenvalue weighted by Gasteiger charge is -2.50. The molecule has 3 aliphatic rings. The minimum atomic E-state index is -1.28. The summed E-state index contributed by atoms with van der Waals surface area (Å²) in [5, 5.41) is 9.47. The van der Waals surface area contributed by atoms with Gasteiger partial charge in [-0.3, -0.25) is 4.79 Å². The number of aromatic carboxylic acids is 1. The summed E-state index contributed by atoms with van der Waals surface area (Å²) in [6, 6.07) is 3.30. The molecule has 0 bridgehead atoms. The standard InChI is InChI=1S/C20H22FN3O3/c21-15-6-12-17(24(11-1-2-11)9-14(19(12)25)20(26)27)7-18(15)23-4-3-10-5-16(22)13(10)8-23/h6-7,9-11,13,16H,1-5,8,22H2,(H,26,27)/t10-,13-,16+/m0/s1. The molecule has 1 saturated heterocycles. The Kier molecular flexibility index (Phi) is 3.59. The topological polar surface area (TPSA) is 88.6 Å². The Labute approximate surface area is 155 Å². The summed E-state index contributed by atoms with van der Waals surface area (Å²) in [5.41, 5.74) is 6.29. The maximum Gasteiger partial charge on any atom is 0.341 e. The van der Waals surface area contributed by atoms with Crippen molar-refractivity contribution in [2.45, 2.75) is 37.8 Å². The first-order valence-corrected chi connectivity index (χ1v) is 9.56. The molecular weight excluding hydrogens is 349 g/mol. The number of benzene rings is 1. The van der Waals surface area contributed by atoms with Crippen molar-refractivity contribution in [1.29, 1.82) is 0 Å². The lowest BCUT2D eigenvalue weighted by molar-refractivity contribution is 0.0695. The highest BCUT2D eigenvalue weighted by atomic mass is 19.1. The van der Waals surface area contributed by atoms with Crippen LogP contribution in [0.25, 0.3) is 10.9 Å². The van der Waals surface area contributed by atoms with Gasteiger partial charge in [-0.25, -0.2) is 9.18 Å². The van der Waals surface area contributed by atoms with Crippen molar-refractivity contribution in [2.75, 3.05) is 18.0 Å². The number of nitrogens with zero attached hydrogens (tertiary/aromatic N) is 2. The molecule has 1 aromatic carbocycles. The van der Waals surface area contributed by atoms with Crippen LogP contribution in [0.5, 0.6) is 0 Å². The quantitative estimate of drug-likeness (QED) is 0.865. The van der Waals surface area contributed by atoms with Crippen molar-refractivity contribution in [3.63, 3.8) is 0 Å². The van der Waals surface area contributed by atoms with E-state index in [2.05, 4.69) is 0 Å². The molecule has 3 atom stereocenters. The van der Waals surface area contributed by atoms with Crippen molar-refractivity contribution in [3.05, 3.63) is 39.9 Å². The van der Waals surface area contributed by atoms with Crippen molar-refractivity contribution < 1.29 is 14.3 Å². The number of carboxylic acids is 1. The molecule has 0 radical (unpaired) electrons. The number of aromatic nitrogens is 1. The van der Waals surface area contributed by atoms with Gasteiger partial charge >= 0.3 is 5.97 Å². The first-order chi connectivity index (χ1) is 12.9. The fourth-order valence-electron chi connectivity index (χ4n) is 4.76. The van der Waals surface area contributed by atoms with Gasteiger partial charge in [0.15, 0.2) is 0 Å². The smallest absolute Gasteiger partial charge is 0.341 e. The van der Waals surface area contributed by atoms with Crippen molar-refractivity contribution >= 4 is 22.6 Å². The van der Waals surface area contributed by atoms with E-state index in [1.807, 2.05) is 9.47 Å². The van der Waals surface area contributed by atoms with E-state index in [1.165, 1.54) is 12.3 Å². The minimum absolute atomic E-state index is 0.137. The van der Waals surface area contributed by atoms with Crippen LogP contribution in [0.1, 0.15) is 42.1 Å². The van der Waals surface area contributed by atoms with E-state index in [1.54, 1.807) is 6.07 Å². The van der Waals surface area contributed by atoms with Crippen LogP contribution >= 0.6 is 0 Å². The van der Waals surface area contributed by atoms with Gasteiger partial charge in [0.25, 0.3) is 0 Å². The van der Waals surface area contributed by atoms with Crippen molar-refractivity contribution in [2.24, 2.45) is 17.6 Å². The number of piperidine rings is 1. The largest absolute Gasteiger partial charge is 0.477 e. The molecule has 5 rings (SSSR count). The second-order valence-corrected chi connectivity index (χ2v) is 8.19. The van der Waals surface area contributed by atoms with Crippen LogP contribution in [-0.4, -0.2) is 34.8 Å². The monoisotopic (exact) mass is 371 g/mol. The van der Waals surface area contributed by atoms with E-state index in [0.29, 0.717) is 23.0 Å². The number of rotatable bonds is 3. The fourth-order valence-corrected chi connectivity index (χ4v) is 4.76. The second-order valence-electron chi connectivity index (χ2n) is 8.19. The lowest BCUT2D eigenvalue weighted by Crippen LogP contribution is -2.56. The first kappa shape index (κ1) is 16.7. The van der Waals surface area contributed by atoms with E-state index in [0.717, 1.165) is 38.8 Å². The maximum atomic E-state index is 14.9. The Balaban J connectivity index is 1.64. The molecule has 2 aliphatic carbocycles. The number of hydrogen-bond donors (Lipinski definition) is 2. The van der Waals surface area contributed by atoms with Crippen LogP contribution in [-0.2, 0) is 0 Å². The van der Waals surface area contributed by atoms with Crippen LogP contribution in [0, 0.1) is 17.7 Å². The number of fused-ring (bicyclic) bond motifs is 2. The van der Waals surface area contributed by atoms with Gasteiger partial charge in [-0.1, -0.05) is 0 Å². The van der Waals surface area contributed by atoms with Crippen LogP contribution in [0.15, 0.2) is 23.1 Å². The molecule has 2 saturated carbocycles. The second kappa shape index (κ2) is 5.79. The van der Waals surface area contributed by atoms with E-state index in [9.17, 15) is 19.1 Å². The summed E-state index contributed by atoms with van der Waals surface area (Å²) in [6.45, 7) is 1.51. The first-order valence-electron chi connectivity index (χ1n) is 9.56. The van der Waals surface area contributed by atoms with Gasteiger partial charge < -0.3 is 20.3 Å². The SMILES string of the molecule is N[C@@H]1C[C@@H]2CCN(c3cc4c(cc3F)c(=O)c(C(=O)O)cn4C3CC3)C[C@@H]21. The number of carbonyl (C=O) groups is 1. The highest BCUT2D eigenvalue weighted by Gasteiger charge is 2.42. The van der Waals surface area contributed by atoms with Crippen LogP contribution in [0.3, 0.4) is 0 Å². The zero-order valence-corrected chi connectivity index (χ0v) is 14.9. The molecule has 3 N–H and O–H groups in total. The molecule has 0 unspecified atom stereocenters. The molecular formula is C20H22FN3O3. The molecule has 0 spiro atoms. The van der Waals surface area contributed by atoms with Gasteiger partial charge in [0.05, 0.1) is 11.2 Å². The highest BCUT2D eigenvalue weighted by molar-refractivity contribution is 5.93. The number of nitrogens with two attached hydrogens (primary N) is 1. The third-order valence-corrected chi connectivity index (χ3v) is 6.54. The zero-order chi connectivity index (χ0) is 18.9. The average molecular weight is 371 g/mol. The fraction of sp³-hybridized carbons (Fsp3) is 0.500. The van der Waals surface area contributed by atoms with Crippen molar-refractivity contribution in [1.82, 2.24) is 4.57 Å². The predicted octanol–water partition coefficient (Wildman–Crippen LogP) is 2.35. The minimum Gasteiger partial charge on any atom is -0.477 e. The number of anilines is 1. The molecule has 0 amide bonds. The Morgan fingerprint density at radius 1 is 1.26 bits per heavy atom. The predicted molar refractivity (Wildman–Crippen MR) is 99.8 cm³/mol. The average Bonchev–Trinajstić information content (AvgIpc) is 3.46. The lowest BCUT2D eigenvalue weighted by atomic mass is 9.66. The molecule has 7 heteroatoms. The Morgan fingerprint density at radius 2 is 2.04 bits per heavy atom. The summed E-state index contributed by atoms with van der Waals surface area (Å²) in [5.74, 6) is -0.714. The van der Waals surface area contributed by atoms with Gasteiger partial charge in [-0.05, 0) is 49.7 Å². The molecule has 2 heterocycles. The van der Waals surface area contributed by atoms with Gasteiger partial charge in [0.2, 0.25) is 5.43 Å². The summed E-state index contributed by atoms with van der Waals surface area (Å²) in [6.07, 6.45) is 5.35. The number of carboxylic acid groups (broad SMARTS) is 1. The van der Waals surface area contributed by atoms with Gasteiger partial charge in [0, 0.05) is 36.8 Å². The molecule has 1 aromatic heterocycles.